The molecular weight excluding hydrogens is 166 g/mol. The maximum atomic E-state index is 6.02. The lowest BCUT2D eigenvalue weighted by Crippen LogP contribution is -2.46. The summed E-state index contributed by atoms with van der Waals surface area (Å²) in [5, 5.41) is 0. The lowest BCUT2D eigenvalue weighted by Gasteiger charge is -2.36. The molecule has 0 aromatic heterocycles. The highest BCUT2D eigenvalue weighted by Gasteiger charge is 2.55. The van der Waals surface area contributed by atoms with E-state index in [0.717, 1.165) is 25.9 Å². The predicted octanol–water partition coefficient (Wildman–Crippen LogP) is 1.06. The van der Waals surface area contributed by atoms with E-state index in [0.29, 0.717) is 6.54 Å². The van der Waals surface area contributed by atoms with E-state index in [1.54, 1.807) is 0 Å². The van der Waals surface area contributed by atoms with Gasteiger partial charge in [-0.1, -0.05) is 0 Å². The van der Waals surface area contributed by atoms with Crippen LogP contribution >= 0.6 is 0 Å². The van der Waals surface area contributed by atoms with Gasteiger partial charge < -0.3 is 15.2 Å². The molecule has 0 aromatic rings. The molecule has 13 heavy (non-hydrogen) atoms. The van der Waals surface area contributed by atoms with Crippen LogP contribution < -0.4 is 5.73 Å². The van der Waals surface area contributed by atoms with Crippen LogP contribution in [-0.2, 0) is 9.47 Å². The summed E-state index contributed by atoms with van der Waals surface area (Å²) < 4.78 is 11.7. The van der Waals surface area contributed by atoms with Crippen molar-refractivity contribution in [2.75, 3.05) is 13.2 Å². The van der Waals surface area contributed by atoms with Crippen molar-refractivity contribution in [1.29, 1.82) is 0 Å². The van der Waals surface area contributed by atoms with E-state index in [1.807, 2.05) is 0 Å². The molecule has 0 amide bonds. The van der Waals surface area contributed by atoms with Crippen molar-refractivity contribution >= 4 is 0 Å². The minimum atomic E-state index is -0.128. The summed E-state index contributed by atoms with van der Waals surface area (Å²) in [4.78, 5) is 0. The van der Waals surface area contributed by atoms with Crippen LogP contribution in [0, 0.1) is 0 Å². The van der Waals surface area contributed by atoms with E-state index < -0.39 is 0 Å². The Balaban J connectivity index is 2.13. The molecule has 76 valence electrons. The Kier molecular flexibility index (Phi) is 2.13. The maximum absolute atomic E-state index is 6.02. The van der Waals surface area contributed by atoms with Gasteiger partial charge in [0.2, 0.25) is 0 Å². The molecule has 2 N–H and O–H groups in total. The van der Waals surface area contributed by atoms with Crippen molar-refractivity contribution in [3.63, 3.8) is 0 Å². The summed E-state index contributed by atoms with van der Waals surface area (Å²) >= 11 is 0. The molecule has 2 aliphatic rings. The number of hydrogen-bond donors (Lipinski definition) is 1. The zero-order valence-electron chi connectivity index (χ0n) is 8.51. The lowest BCUT2D eigenvalue weighted by molar-refractivity contribution is -0.127. The van der Waals surface area contributed by atoms with Crippen LogP contribution in [0.15, 0.2) is 0 Å². The molecule has 0 unspecified atom stereocenters. The minimum Gasteiger partial charge on any atom is -0.372 e. The van der Waals surface area contributed by atoms with Crippen LogP contribution in [0.1, 0.15) is 33.1 Å². The van der Waals surface area contributed by atoms with Crippen molar-refractivity contribution in [2.24, 2.45) is 5.73 Å². The molecule has 0 aromatic carbocycles. The van der Waals surface area contributed by atoms with E-state index in [9.17, 15) is 0 Å². The second-order valence-electron chi connectivity index (χ2n) is 4.62. The van der Waals surface area contributed by atoms with E-state index in [1.165, 1.54) is 0 Å². The standard InChI is InChI=1S/C10H19NO2/c1-9(2)10(5-6-12-9)4-3-8(7-11)13-10/h8H,3-7,11H2,1-2H3/t8-,10-/m0/s1. The van der Waals surface area contributed by atoms with Gasteiger partial charge in [0.1, 0.15) is 0 Å². The molecule has 2 saturated heterocycles. The zero-order chi connectivity index (χ0) is 9.53. The van der Waals surface area contributed by atoms with Crippen LogP contribution in [0.4, 0.5) is 0 Å². The highest BCUT2D eigenvalue weighted by atomic mass is 16.6. The van der Waals surface area contributed by atoms with Gasteiger partial charge in [0.15, 0.2) is 0 Å². The smallest absolute Gasteiger partial charge is 0.0992 e. The SMILES string of the molecule is CC1(C)OCC[C@@]12CC[C@@H](CN)O2. The third-order valence-corrected chi connectivity index (χ3v) is 3.59. The number of ether oxygens (including phenoxy) is 2. The van der Waals surface area contributed by atoms with Gasteiger partial charge in [-0.05, 0) is 26.7 Å². The molecule has 1 spiro atoms. The van der Waals surface area contributed by atoms with Crippen LogP contribution in [0.25, 0.3) is 0 Å². The van der Waals surface area contributed by atoms with Gasteiger partial charge in [-0.2, -0.15) is 0 Å². The van der Waals surface area contributed by atoms with E-state index in [4.69, 9.17) is 15.2 Å². The average molecular weight is 185 g/mol. The highest BCUT2D eigenvalue weighted by molar-refractivity contribution is 5.04. The summed E-state index contributed by atoms with van der Waals surface area (Å²) in [6.07, 6.45) is 3.46. The van der Waals surface area contributed by atoms with Gasteiger partial charge in [0.05, 0.1) is 23.9 Å². The van der Waals surface area contributed by atoms with Gasteiger partial charge in [-0.25, -0.2) is 0 Å². The predicted molar refractivity (Wildman–Crippen MR) is 50.5 cm³/mol. The van der Waals surface area contributed by atoms with Crippen molar-refractivity contribution in [3.05, 3.63) is 0 Å². The summed E-state index contributed by atoms with van der Waals surface area (Å²) in [6, 6.07) is 0. The van der Waals surface area contributed by atoms with Gasteiger partial charge in [-0.15, -0.1) is 0 Å². The fourth-order valence-corrected chi connectivity index (χ4v) is 2.53. The van der Waals surface area contributed by atoms with Gasteiger partial charge in [0, 0.05) is 13.0 Å². The Bertz CT molecular complexity index is 205. The topological polar surface area (TPSA) is 44.5 Å². The van der Waals surface area contributed by atoms with Crippen LogP contribution in [0.5, 0.6) is 0 Å². The third kappa shape index (κ3) is 1.30. The van der Waals surface area contributed by atoms with E-state index in [-0.39, 0.29) is 17.3 Å². The molecule has 2 aliphatic heterocycles. The van der Waals surface area contributed by atoms with Gasteiger partial charge >= 0.3 is 0 Å². The average Bonchev–Trinajstić information content (AvgIpc) is 2.60. The van der Waals surface area contributed by atoms with Crippen molar-refractivity contribution in [2.45, 2.75) is 50.4 Å². The van der Waals surface area contributed by atoms with Crippen LogP contribution in [0.2, 0.25) is 0 Å². The second kappa shape index (κ2) is 2.94. The summed E-state index contributed by atoms with van der Waals surface area (Å²) in [5.74, 6) is 0. The molecule has 0 bridgehead atoms. The zero-order valence-corrected chi connectivity index (χ0v) is 8.51. The van der Waals surface area contributed by atoms with Gasteiger partial charge in [0.25, 0.3) is 0 Å². The van der Waals surface area contributed by atoms with E-state index >= 15 is 0 Å². The number of nitrogens with two attached hydrogens (primary N) is 1. The molecule has 2 atom stereocenters. The van der Waals surface area contributed by atoms with Crippen molar-refractivity contribution < 1.29 is 9.47 Å². The monoisotopic (exact) mass is 185 g/mol. The first-order valence-corrected chi connectivity index (χ1v) is 5.11. The number of hydrogen-bond acceptors (Lipinski definition) is 3. The Morgan fingerprint density at radius 1 is 1.38 bits per heavy atom. The molecule has 3 heteroatoms. The lowest BCUT2D eigenvalue weighted by atomic mass is 9.83. The third-order valence-electron chi connectivity index (χ3n) is 3.59. The van der Waals surface area contributed by atoms with Crippen LogP contribution in [-0.4, -0.2) is 30.5 Å². The summed E-state index contributed by atoms with van der Waals surface area (Å²) in [7, 11) is 0. The maximum Gasteiger partial charge on any atom is 0.0992 e. The fraction of sp³-hybridized carbons (Fsp3) is 1.00. The fourth-order valence-electron chi connectivity index (χ4n) is 2.53. The quantitative estimate of drug-likeness (QED) is 0.664. The normalized spacial score (nSPS) is 43.2. The van der Waals surface area contributed by atoms with E-state index in [2.05, 4.69) is 13.8 Å². The molecule has 0 saturated carbocycles. The highest BCUT2D eigenvalue weighted by Crippen LogP contribution is 2.47. The second-order valence-corrected chi connectivity index (χ2v) is 4.62. The molecule has 2 fully saturated rings. The summed E-state index contributed by atoms with van der Waals surface area (Å²) in [5.41, 5.74) is 5.43. The Morgan fingerprint density at radius 2 is 2.15 bits per heavy atom. The molecule has 0 radical (unpaired) electrons. The first-order chi connectivity index (χ1) is 6.10. The minimum absolute atomic E-state index is 0.0446. The Hall–Kier alpha value is -0.120. The number of rotatable bonds is 1. The molecule has 0 aliphatic carbocycles. The Morgan fingerprint density at radius 3 is 2.62 bits per heavy atom. The largest absolute Gasteiger partial charge is 0.372 e. The first kappa shape index (κ1) is 9.44. The van der Waals surface area contributed by atoms with Crippen molar-refractivity contribution in [3.8, 4) is 0 Å². The molecule has 2 heterocycles. The first-order valence-electron chi connectivity index (χ1n) is 5.11. The molecule has 2 rings (SSSR count). The van der Waals surface area contributed by atoms with Gasteiger partial charge in [-0.3, -0.25) is 0 Å². The Labute approximate surface area is 79.6 Å². The van der Waals surface area contributed by atoms with Crippen LogP contribution in [0.3, 0.4) is 0 Å². The van der Waals surface area contributed by atoms with Crippen molar-refractivity contribution in [1.82, 2.24) is 0 Å². The molecular formula is C10H19NO2. The molecule has 3 nitrogen and oxygen atoms in total. The summed E-state index contributed by atoms with van der Waals surface area (Å²) in [6.45, 7) is 5.71.